The monoisotopic (exact) mass is 372 g/mol. The highest BCUT2D eigenvalue weighted by Crippen LogP contribution is 2.22. The first kappa shape index (κ1) is 18.5. The van der Waals surface area contributed by atoms with Gasteiger partial charge in [0.1, 0.15) is 17.2 Å². The van der Waals surface area contributed by atoms with E-state index in [0.717, 1.165) is 41.9 Å². The molecule has 26 heavy (non-hydrogen) atoms. The Kier molecular flexibility index (Phi) is 6.36. The topological polar surface area (TPSA) is 42.7 Å². The van der Waals surface area contributed by atoms with Gasteiger partial charge in [0.25, 0.3) is 0 Å². The summed E-state index contributed by atoms with van der Waals surface area (Å²) in [5.41, 5.74) is 3.56. The van der Waals surface area contributed by atoms with Gasteiger partial charge in [-0.05, 0) is 30.7 Å². The second-order valence-electron chi connectivity index (χ2n) is 6.16. The van der Waals surface area contributed by atoms with E-state index in [2.05, 4.69) is 22.4 Å². The normalized spacial score (nSPS) is 11.0. The van der Waals surface area contributed by atoms with Gasteiger partial charge in [-0.1, -0.05) is 61.3 Å². The molecule has 136 valence electrons. The highest BCUT2D eigenvalue weighted by atomic mass is 35.5. The number of nitrogens with one attached hydrogen (secondary N) is 1. The molecule has 0 unspecified atom stereocenters. The summed E-state index contributed by atoms with van der Waals surface area (Å²) < 4.78 is 13.2. The second-order valence-corrected chi connectivity index (χ2v) is 6.56. The Morgan fingerprint density at radius 1 is 1.12 bits per heavy atom. The van der Waals surface area contributed by atoms with Crippen LogP contribution in [0.25, 0.3) is 11.3 Å². The van der Waals surface area contributed by atoms with Crippen molar-refractivity contribution in [2.45, 2.75) is 32.9 Å². The van der Waals surface area contributed by atoms with Crippen LogP contribution in [-0.4, -0.2) is 21.5 Å². The van der Waals surface area contributed by atoms with E-state index in [1.54, 1.807) is 10.9 Å². The second kappa shape index (κ2) is 8.92. The molecule has 0 radical (unpaired) electrons. The number of benzene rings is 2. The number of nitrogens with zero attached hydrogens (tertiary/aromatic N) is 3. The van der Waals surface area contributed by atoms with E-state index < -0.39 is 0 Å². The summed E-state index contributed by atoms with van der Waals surface area (Å²) in [6, 6.07) is 14.4. The standard InChI is InChI=1S/C20H22ClFN4/c1-2-3-11-23-13-19-20(15-7-5-4-6-8-15)25-26(24-19)14-16-9-10-17(22)12-18(16)21/h4-10,12,23H,2-3,11,13-14H2,1H3. The van der Waals surface area contributed by atoms with Crippen LogP contribution in [0.3, 0.4) is 0 Å². The average Bonchev–Trinajstić information content (AvgIpc) is 3.05. The van der Waals surface area contributed by atoms with Crippen LogP contribution in [0.1, 0.15) is 31.0 Å². The Balaban J connectivity index is 1.85. The van der Waals surface area contributed by atoms with Crippen LogP contribution < -0.4 is 5.32 Å². The third-order valence-corrected chi connectivity index (χ3v) is 4.45. The van der Waals surface area contributed by atoms with Gasteiger partial charge in [-0.15, -0.1) is 0 Å². The lowest BCUT2D eigenvalue weighted by Crippen LogP contribution is -2.15. The van der Waals surface area contributed by atoms with Gasteiger partial charge in [0.15, 0.2) is 0 Å². The number of hydrogen-bond donors (Lipinski definition) is 1. The molecular weight excluding hydrogens is 351 g/mol. The van der Waals surface area contributed by atoms with E-state index in [1.807, 2.05) is 30.3 Å². The Bertz CT molecular complexity index is 848. The summed E-state index contributed by atoms with van der Waals surface area (Å²) in [6.45, 7) is 4.16. The highest BCUT2D eigenvalue weighted by Gasteiger charge is 2.14. The van der Waals surface area contributed by atoms with Crippen molar-refractivity contribution in [2.24, 2.45) is 0 Å². The summed E-state index contributed by atoms with van der Waals surface area (Å²) in [5, 5.41) is 13.1. The van der Waals surface area contributed by atoms with Crippen LogP contribution in [0.2, 0.25) is 5.02 Å². The van der Waals surface area contributed by atoms with Crippen molar-refractivity contribution in [3.05, 3.63) is 70.6 Å². The molecule has 1 heterocycles. The smallest absolute Gasteiger partial charge is 0.124 e. The van der Waals surface area contributed by atoms with E-state index >= 15 is 0 Å². The van der Waals surface area contributed by atoms with Gasteiger partial charge in [-0.25, -0.2) is 4.39 Å². The third kappa shape index (κ3) is 4.68. The molecule has 6 heteroatoms. The van der Waals surface area contributed by atoms with Crippen molar-refractivity contribution in [1.29, 1.82) is 0 Å². The SMILES string of the molecule is CCCCNCc1nn(Cc2ccc(F)cc2Cl)nc1-c1ccccc1. The molecule has 0 saturated carbocycles. The zero-order valence-corrected chi connectivity index (χ0v) is 15.5. The van der Waals surface area contributed by atoms with Crippen molar-refractivity contribution in [3.63, 3.8) is 0 Å². The van der Waals surface area contributed by atoms with Gasteiger partial charge in [0, 0.05) is 17.1 Å². The lowest BCUT2D eigenvalue weighted by Gasteiger charge is -2.03. The predicted molar refractivity (Wildman–Crippen MR) is 103 cm³/mol. The van der Waals surface area contributed by atoms with Crippen LogP contribution in [0.5, 0.6) is 0 Å². The van der Waals surface area contributed by atoms with Crippen LogP contribution in [-0.2, 0) is 13.1 Å². The van der Waals surface area contributed by atoms with E-state index in [4.69, 9.17) is 11.6 Å². The first-order valence-corrected chi connectivity index (χ1v) is 9.19. The summed E-state index contributed by atoms with van der Waals surface area (Å²) in [5.74, 6) is -0.349. The molecule has 0 amide bonds. The lowest BCUT2D eigenvalue weighted by atomic mass is 10.1. The quantitative estimate of drug-likeness (QED) is 0.584. The van der Waals surface area contributed by atoms with Crippen molar-refractivity contribution < 1.29 is 4.39 Å². The predicted octanol–water partition coefficient (Wildman–Crippen LogP) is 4.68. The number of aromatic nitrogens is 3. The zero-order valence-electron chi connectivity index (χ0n) is 14.8. The van der Waals surface area contributed by atoms with Gasteiger partial charge >= 0.3 is 0 Å². The average molecular weight is 373 g/mol. The van der Waals surface area contributed by atoms with Gasteiger partial charge in [-0.3, -0.25) is 0 Å². The first-order valence-electron chi connectivity index (χ1n) is 8.81. The molecule has 0 atom stereocenters. The summed E-state index contributed by atoms with van der Waals surface area (Å²) in [7, 11) is 0. The van der Waals surface area contributed by atoms with E-state index in [1.165, 1.54) is 12.1 Å². The van der Waals surface area contributed by atoms with E-state index in [9.17, 15) is 4.39 Å². The number of rotatable bonds is 8. The van der Waals surface area contributed by atoms with Crippen LogP contribution in [0.4, 0.5) is 4.39 Å². The molecule has 0 aliphatic carbocycles. The Hall–Kier alpha value is -2.24. The molecule has 0 spiro atoms. The maximum absolute atomic E-state index is 13.2. The molecule has 4 nitrogen and oxygen atoms in total. The molecule has 3 rings (SSSR count). The third-order valence-electron chi connectivity index (χ3n) is 4.10. The van der Waals surface area contributed by atoms with E-state index in [0.29, 0.717) is 18.1 Å². The fraction of sp³-hybridized carbons (Fsp3) is 0.300. The summed E-state index contributed by atoms with van der Waals surface area (Å²) in [4.78, 5) is 1.62. The van der Waals surface area contributed by atoms with E-state index in [-0.39, 0.29) is 5.82 Å². The van der Waals surface area contributed by atoms with Crippen molar-refractivity contribution in [2.75, 3.05) is 6.54 Å². The minimum Gasteiger partial charge on any atom is -0.311 e. The molecule has 2 aromatic carbocycles. The lowest BCUT2D eigenvalue weighted by molar-refractivity contribution is 0.571. The first-order chi connectivity index (χ1) is 12.7. The molecule has 1 N–H and O–H groups in total. The Morgan fingerprint density at radius 2 is 1.92 bits per heavy atom. The Morgan fingerprint density at radius 3 is 2.65 bits per heavy atom. The van der Waals surface area contributed by atoms with Crippen LogP contribution in [0, 0.1) is 5.82 Å². The maximum atomic E-state index is 13.2. The zero-order chi connectivity index (χ0) is 18.4. The maximum Gasteiger partial charge on any atom is 0.124 e. The summed E-state index contributed by atoms with van der Waals surface area (Å²) in [6.07, 6.45) is 2.27. The van der Waals surface area contributed by atoms with Crippen molar-refractivity contribution >= 4 is 11.6 Å². The van der Waals surface area contributed by atoms with Gasteiger partial charge in [-0.2, -0.15) is 15.0 Å². The number of halogens is 2. The molecule has 0 bridgehead atoms. The highest BCUT2D eigenvalue weighted by molar-refractivity contribution is 6.31. The van der Waals surface area contributed by atoms with Gasteiger partial charge < -0.3 is 5.32 Å². The molecule has 1 aromatic heterocycles. The van der Waals surface area contributed by atoms with Gasteiger partial charge in [0.05, 0.1) is 6.54 Å². The summed E-state index contributed by atoms with van der Waals surface area (Å²) >= 11 is 6.14. The van der Waals surface area contributed by atoms with Gasteiger partial charge in [0.2, 0.25) is 0 Å². The molecule has 0 aliphatic heterocycles. The Labute approximate surface area is 158 Å². The van der Waals surface area contributed by atoms with Crippen LogP contribution >= 0.6 is 11.6 Å². The molecular formula is C20H22ClFN4. The largest absolute Gasteiger partial charge is 0.311 e. The molecule has 3 aromatic rings. The molecule has 0 saturated heterocycles. The number of hydrogen-bond acceptors (Lipinski definition) is 3. The molecule has 0 fully saturated rings. The van der Waals surface area contributed by atoms with Crippen molar-refractivity contribution in [3.8, 4) is 11.3 Å². The van der Waals surface area contributed by atoms with Crippen LogP contribution in [0.15, 0.2) is 48.5 Å². The van der Waals surface area contributed by atoms with Crippen molar-refractivity contribution in [1.82, 2.24) is 20.3 Å². The molecule has 0 aliphatic rings. The minimum absolute atomic E-state index is 0.349. The fourth-order valence-electron chi connectivity index (χ4n) is 2.70. The fourth-order valence-corrected chi connectivity index (χ4v) is 2.93. The minimum atomic E-state index is -0.349. The number of unbranched alkanes of at least 4 members (excludes halogenated alkanes) is 1.